The molecule has 0 heteroatoms. The summed E-state index contributed by atoms with van der Waals surface area (Å²) in [5, 5.41) is 0. The van der Waals surface area contributed by atoms with Crippen LogP contribution in [-0.2, 0) is 18.3 Å². The minimum absolute atomic E-state index is 0.335. The van der Waals surface area contributed by atoms with E-state index in [1.165, 1.54) is 31.2 Å². The summed E-state index contributed by atoms with van der Waals surface area (Å²) in [7, 11) is 0. The Morgan fingerprint density at radius 2 is 1.95 bits per heavy atom. The van der Waals surface area contributed by atoms with E-state index < -0.39 is 0 Å². The lowest BCUT2D eigenvalue weighted by Crippen LogP contribution is -2.46. The Hall–Kier alpha value is -1.04. The number of hydrogen-bond donors (Lipinski definition) is 0. The second-order valence-electron chi connectivity index (χ2n) is 7.68. The van der Waals surface area contributed by atoms with Gasteiger partial charge in [0.25, 0.3) is 0 Å². The summed E-state index contributed by atoms with van der Waals surface area (Å²) in [5.41, 5.74) is 7.10. The van der Waals surface area contributed by atoms with Crippen LogP contribution >= 0.6 is 0 Å². The van der Waals surface area contributed by atoms with Gasteiger partial charge in [0.2, 0.25) is 0 Å². The zero-order chi connectivity index (χ0) is 14.5. The number of hydrogen-bond acceptors (Lipinski definition) is 0. The van der Waals surface area contributed by atoms with Crippen molar-refractivity contribution in [1.82, 2.24) is 0 Å². The van der Waals surface area contributed by atoms with E-state index in [4.69, 9.17) is 0 Å². The lowest BCUT2D eigenvalue weighted by molar-refractivity contribution is 0.125. The minimum atomic E-state index is 0.335. The Kier molecular flexibility index (Phi) is 3.12. The van der Waals surface area contributed by atoms with Gasteiger partial charge in [-0.1, -0.05) is 52.0 Å². The molecular weight excluding hydrogens is 240 g/mol. The molecule has 0 aliphatic heterocycles. The van der Waals surface area contributed by atoms with Gasteiger partial charge in [-0.15, -0.1) is 0 Å². The third kappa shape index (κ3) is 1.80. The van der Waals surface area contributed by atoms with Gasteiger partial charge < -0.3 is 0 Å². The van der Waals surface area contributed by atoms with E-state index in [1.54, 1.807) is 16.7 Å². The number of benzene rings is 1. The van der Waals surface area contributed by atoms with Crippen molar-refractivity contribution >= 4 is 0 Å². The average Bonchev–Trinajstić information content (AvgIpc) is 2.37. The minimum Gasteiger partial charge on any atom is -0.0871 e. The molecule has 3 rings (SSSR count). The van der Waals surface area contributed by atoms with Crippen molar-refractivity contribution in [2.24, 2.45) is 11.3 Å². The standard InChI is InChI=1S/C20H28/c1-6-15-14(2)8-10-17-16(15)9-11-18-19(3,4)12-7-13-20(17,18)5/h7-8,10,12,18H,6,9,11,13H2,1-5H3. The van der Waals surface area contributed by atoms with Gasteiger partial charge in [-0.05, 0) is 71.6 Å². The predicted molar refractivity (Wildman–Crippen MR) is 87.3 cm³/mol. The highest BCUT2D eigenvalue weighted by Gasteiger charge is 2.48. The number of fused-ring (bicyclic) bond motifs is 3. The van der Waals surface area contributed by atoms with Crippen LogP contribution < -0.4 is 0 Å². The third-order valence-electron chi connectivity index (χ3n) is 6.07. The predicted octanol–water partition coefficient (Wildman–Crippen LogP) is 5.36. The Morgan fingerprint density at radius 3 is 2.65 bits per heavy atom. The van der Waals surface area contributed by atoms with E-state index in [-0.39, 0.29) is 0 Å². The maximum absolute atomic E-state index is 2.51. The van der Waals surface area contributed by atoms with Gasteiger partial charge in [0.15, 0.2) is 0 Å². The first-order valence-electron chi connectivity index (χ1n) is 8.19. The monoisotopic (exact) mass is 268 g/mol. The molecule has 0 nitrogen and oxygen atoms in total. The van der Waals surface area contributed by atoms with Crippen LogP contribution in [0.3, 0.4) is 0 Å². The molecule has 0 spiro atoms. The Labute approximate surface area is 124 Å². The van der Waals surface area contributed by atoms with Crippen molar-refractivity contribution in [3.63, 3.8) is 0 Å². The van der Waals surface area contributed by atoms with Gasteiger partial charge in [0.1, 0.15) is 0 Å². The van der Waals surface area contributed by atoms with Gasteiger partial charge in [-0.2, -0.15) is 0 Å². The summed E-state index contributed by atoms with van der Waals surface area (Å²) < 4.78 is 0. The van der Waals surface area contributed by atoms with Crippen LogP contribution in [0.5, 0.6) is 0 Å². The summed E-state index contributed by atoms with van der Waals surface area (Å²) in [6, 6.07) is 4.79. The van der Waals surface area contributed by atoms with Crippen LogP contribution in [0.1, 0.15) is 62.8 Å². The van der Waals surface area contributed by atoms with Gasteiger partial charge in [-0.3, -0.25) is 0 Å². The fraction of sp³-hybridized carbons (Fsp3) is 0.600. The zero-order valence-corrected chi connectivity index (χ0v) is 13.7. The Bertz CT molecular complexity index is 562. The van der Waals surface area contributed by atoms with E-state index in [0.717, 1.165) is 5.92 Å². The van der Waals surface area contributed by atoms with Crippen LogP contribution in [0.2, 0.25) is 0 Å². The summed E-state index contributed by atoms with van der Waals surface area (Å²) in [5.74, 6) is 0.778. The van der Waals surface area contributed by atoms with Crippen molar-refractivity contribution in [1.29, 1.82) is 0 Å². The fourth-order valence-corrected chi connectivity index (χ4v) is 5.09. The molecule has 2 aliphatic carbocycles. The van der Waals surface area contributed by atoms with Crippen LogP contribution in [0, 0.1) is 18.3 Å². The number of aryl methyl sites for hydroxylation is 1. The normalized spacial score (nSPS) is 30.8. The SMILES string of the molecule is CCc1c(C)ccc2c1CCC1C(C)(C)C=CCC21C. The molecule has 0 aromatic heterocycles. The Balaban J connectivity index is 2.19. The van der Waals surface area contributed by atoms with E-state index in [2.05, 4.69) is 58.9 Å². The molecule has 0 radical (unpaired) electrons. The first-order valence-corrected chi connectivity index (χ1v) is 8.19. The maximum atomic E-state index is 2.51. The molecule has 0 fully saturated rings. The van der Waals surface area contributed by atoms with Crippen molar-refractivity contribution in [3.8, 4) is 0 Å². The molecule has 1 aromatic rings. The Morgan fingerprint density at radius 1 is 1.20 bits per heavy atom. The highest BCUT2D eigenvalue weighted by molar-refractivity contribution is 5.48. The first kappa shape index (κ1) is 13.9. The maximum Gasteiger partial charge on any atom is -0.000160 e. The molecule has 0 saturated heterocycles. The smallest absolute Gasteiger partial charge is 0.000160 e. The number of rotatable bonds is 1. The molecule has 0 amide bonds. The molecule has 2 atom stereocenters. The molecule has 0 N–H and O–H groups in total. The van der Waals surface area contributed by atoms with E-state index >= 15 is 0 Å². The third-order valence-corrected chi connectivity index (χ3v) is 6.07. The van der Waals surface area contributed by atoms with Crippen molar-refractivity contribution in [2.45, 2.75) is 65.7 Å². The second kappa shape index (κ2) is 4.48. The molecular formula is C20H28. The summed E-state index contributed by atoms with van der Waals surface area (Å²) in [6.07, 6.45) is 9.89. The van der Waals surface area contributed by atoms with Crippen molar-refractivity contribution < 1.29 is 0 Å². The summed E-state index contributed by atoms with van der Waals surface area (Å²) in [6.45, 7) is 11.9. The largest absolute Gasteiger partial charge is 0.0871 e. The number of allylic oxidation sites excluding steroid dienone is 2. The van der Waals surface area contributed by atoms with Crippen LogP contribution in [-0.4, -0.2) is 0 Å². The molecule has 0 heterocycles. The quantitative estimate of drug-likeness (QED) is 0.601. The first-order chi connectivity index (χ1) is 9.40. The lowest BCUT2D eigenvalue weighted by Gasteiger charge is -2.52. The van der Waals surface area contributed by atoms with E-state index in [1.807, 2.05) is 0 Å². The fourth-order valence-electron chi connectivity index (χ4n) is 5.09. The lowest BCUT2D eigenvalue weighted by atomic mass is 9.52. The molecule has 2 unspecified atom stereocenters. The molecule has 0 bridgehead atoms. The van der Waals surface area contributed by atoms with Gasteiger partial charge in [0.05, 0.1) is 0 Å². The molecule has 0 saturated carbocycles. The van der Waals surface area contributed by atoms with Gasteiger partial charge in [-0.25, -0.2) is 0 Å². The zero-order valence-electron chi connectivity index (χ0n) is 13.7. The van der Waals surface area contributed by atoms with E-state index in [9.17, 15) is 0 Å². The average molecular weight is 268 g/mol. The molecule has 20 heavy (non-hydrogen) atoms. The van der Waals surface area contributed by atoms with Crippen molar-refractivity contribution in [2.75, 3.05) is 0 Å². The highest BCUT2D eigenvalue weighted by atomic mass is 14.5. The van der Waals surface area contributed by atoms with E-state index in [0.29, 0.717) is 10.8 Å². The molecule has 108 valence electrons. The van der Waals surface area contributed by atoms with Crippen LogP contribution in [0.25, 0.3) is 0 Å². The highest BCUT2D eigenvalue weighted by Crippen LogP contribution is 2.55. The molecule has 2 aliphatic rings. The summed E-state index contributed by atoms with van der Waals surface area (Å²) >= 11 is 0. The van der Waals surface area contributed by atoms with Crippen molar-refractivity contribution in [3.05, 3.63) is 46.5 Å². The topological polar surface area (TPSA) is 0 Å². The van der Waals surface area contributed by atoms with Crippen LogP contribution in [0.4, 0.5) is 0 Å². The summed E-state index contributed by atoms with van der Waals surface area (Å²) in [4.78, 5) is 0. The van der Waals surface area contributed by atoms with Gasteiger partial charge >= 0.3 is 0 Å². The second-order valence-corrected chi connectivity index (χ2v) is 7.68. The van der Waals surface area contributed by atoms with Gasteiger partial charge in [0, 0.05) is 0 Å². The molecule has 1 aromatic carbocycles. The van der Waals surface area contributed by atoms with Crippen LogP contribution in [0.15, 0.2) is 24.3 Å².